The van der Waals surface area contributed by atoms with Crippen LogP contribution in [0.5, 0.6) is 0 Å². The van der Waals surface area contributed by atoms with Crippen molar-refractivity contribution in [1.29, 1.82) is 5.26 Å². The summed E-state index contributed by atoms with van der Waals surface area (Å²) >= 11 is 0. The highest BCUT2D eigenvalue weighted by Gasteiger charge is 2.07. The lowest BCUT2D eigenvalue weighted by Crippen LogP contribution is -2.29. The van der Waals surface area contributed by atoms with Crippen LogP contribution in [-0.4, -0.2) is 24.5 Å². The van der Waals surface area contributed by atoms with Crippen LogP contribution in [0.1, 0.15) is 20.3 Å². The smallest absolute Gasteiger partial charge is 0.0972 e. The van der Waals surface area contributed by atoms with Gasteiger partial charge in [0.2, 0.25) is 0 Å². The van der Waals surface area contributed by atoms with Crippen LogP contribution in [0.4, 0.5) is 0 Å². The molecule has 2 heteroatoms. The van der Waals surface area contributed by atoms with E-state index in [0.717, 1.165) is 13.0 Å². The monoisotopic (exact) mass is 126 g/mol. The lowest BCUT2D eigenvalue weighted by atomic mass is 10.2. The molecule has 2 nitrogen and oxygen atoms in total. The second-order valence-corrected chi connectivity index (χ2v) is 2.13. The molecule has 0 spiro atoms. The van der Waals surface area contributed by atoms with Crippen LogP contribution in [-0.2, 0) is 0 Å². The van der Waals surface area contributed by atoms with Gasteiger partial charge in [-0.2, -0.15) is 5.26 Å². The lowest BCUT2D eigenvalue weighted by Gasteiger charge is -2.17. The molecule has 0 aliphatic rings. The Bertz CT molecular complexity index is 104. The van der Waals surface area contributed by atoms with Gasteiger partial charge in [0.25, 0.3) is 0 Å². The van der Waals surface area contributed by atoms with E-state index in [4.69, 9.17) is 5.26 Å². The van der Waals surface area contributed by atoms with E-state index in [1.54, 1.807) is 0 Å². The summed E-state index contributed by atoms with van der Waals surface area (Å²) in [6.45, 7) is 5.03. The summed E-state index contributed by atoms with van der Waals surface area (Å²) in [6, 6.07) is 2.33. The molecule has 0 fully saturated rings. The maximum absolute atomic E-state index is 8.54. The topological polar surface area (TPSA) is 27.0 Å². The molecule has 0 N–H and O–H groups in total. The summed E-state index contributed by atoms with van der Waals surface area (Å²) in [5, 5.41) is 8.54. The number of rotatable bonds is 3. The number of hydrogen-bond acceptors (Lipinski definition) is 2. The Labute approximate surface area is 57.1 Å². The third-order valence-electron chi connectivity index (χ3n) is 1.57. The fourth-order valence-electron chi connectivity index (χ4n) is 0.722. The molecule has 0 saturated heterocycles. The van der Waals surface area contributed by atoms with E-state index in [1.807, 2.05) is 18.9 Å². The van der Waals surface area contributed by atoms with E-state index < -0.39 is 0 Å². The van der Waals surface area contributed by atoms with Gasteiger partial charge in [0.15, 0.2) is 0 Å². The van der Waals surface area contributed by atoms with Gasteiger partial charge in [0.05, 0.1) is 12.1 Å². The molecule has 0 radical (unpaired) electrons. The van der Waals surface area contributed by atoms with Crippen molar-refractivity contribution in [2.45, 2.75) is 26.3 Å². The number of nitrogens with zero attached hydrogens (tertiary/aromatic N) is 2. The summed E-state index contributed by atoms with van der Waals surface area (Å²) in [5.41, 5.74) is 0. The minimum absolute atomic E-state index is 0.106. The third-order valence-corrected chi connectivity index (χ3v) is 1.57. The first-order valence-electron chi connectivity index (χ1n) is 3.36. The molecule has 0 aromatic heterocycles. The summed E-state index contributed by atoms with van der Waals surface area (Å²) in [7, 11) is 1.97. The van der Waals surface area contributed by atoms with E-state index in [2.05, 4.69) is 13.0 Å². The highest BCUT2D eigenvalue weighted by molar-refractivity contribution is 4.88. The van der Waals surface area contributed by atoms with Gasteiger partial charge in [-0.1, -0.05) is 13.8 Å². The molecule has 0 saturated carbocycles. The van der Waals surface area contributed by atoms with Crippen molar-refractivity contribution in [1.82, 2.24) is 4.90 Å². The molecule has 52 valence electrons. The van der Waals surface area contributed by atoms with Crippen molar-refractivity contribution in [2.75, 3.05) is 13.6 Å². The predicted octanol–water partition coefficient (Wildman–Crippen LogP) is 1.24. The SMILES string of the molecule is CCC(C#N)N(C)CC. The lowest BCUT2D eigenvalue weighted by molar-refractivity contribution is 0.296. The number of nitriles is 1. The van der Waals surface area contributed by atoms with E-state index in [9.17, 15) is 0 Å². The minimum atomic E-state index is 0.106. The average Bonchev–Trinajstić information content (AvgIpc) is 1.90. The molecule has 0 aromatic rings. The van der Waals surface area contributed by atoms with E-state index >= 15 is 0 Å². The van der Waals surface area contributed by atoms with Crippen LogP contribution < -0.4 is 0 Å². The Balaban J connectivity index is 3.68. The second-order valence-electron chi connectivity index (χ2n) is 2.13. The van der Waals surface area contributed by atoms with Crippen molar-refractivity contribution in [3.63, 3.8) is 0 Å². The largest absolute Gasteiger partial charge is 0.291 e. The Morgan fingerprint density at radius 3 is 2.22 bits per heavy atom. The Kier molecular flexibility index (Phi) is 4.08. The number of hydrogen-bond donors (Lipinski definition) is 0. The maximum Gasteiger partial charge on any atom is 0.0972 e. The molecule has 0 amide bonds. The van der Waals surface area contributed by atoms with Crippen molar-refractivity contribution in [3.8, 4) is 6.07 Å². The second kappa shape index (κ2) is 4.34. The van der Waals surface area contributed by atoms with Gasteiger partial charge in [-0.15, -0.1) is 0 Å². The third kappa shape index (κ3) is 2.48. The average molecular weight is 126 g/mol. The Morgan fingerprint density at radius 1 is 1.56 bits per heavy atom. The summed E-state index contributed by atoms with van der Waals surface area (Å²) in [5.74, 6) is 0. The van der Waals surface area contributed by atoms with Crippen molar-refractivity contribution < 1.29 is 0 Å². The predicted molar refractivity (Wildman–Crippen MR) is 38.0 cm³/mol. The van der Waals surface area contributed by atoms with Gasteiger partial charge in [-0.3, -0.25) is 4.90 Å². The summed E-state index contributed by atoms with van der Waals surface area (Å²) in [4.78, 5) is 2.04. The zero-order chi connectivity index (χ0) is 7.28. The summed E-state index contributed by atoms with van der Waals surface area (Å²) in [6.07, 6.45) is 0.918. The van der Waals surface area contributed by atoms with Crippen molar-refractivity contribution in [3.05, 3.63) is 0 Å². The Hall–Kier alpha value is -0.550. The zero-order valence-electron chi connectivity index (χ0n) is 6.39. The first-order valence-corrected chi connectivity index (χ1v) is 3.36. The van der Waals surface area contributed by atoms with E-state index in [-0.39, 0.29) is 6.04 Å². The molecule has 0 aliphatic heterocycles. The maximum atomic E-state index is 8.54. The van der Waals surface area contributed by atoms with Crippen LogP contribution in [0.3, 0.4) is 0 Å². The van der Waals surface area contributed by atoms with Gasteiger partial charge in [-0.05, 0) is 20.0 Å². The molecule has 1 unspecified atom stereocenters. The molecule has 0 rings (SSSR count). The first-order chi connectivity index (χ1) is 4.26. The zero-order valence-corrected chi connectivity index (χ0v) is 6.39. The van der Waals surface area contributed by atoms with Gasteiger partial charge in [0, 0.05) is 0 Å². The first kappa shape index (κ1) is 8.45. The van der Waals surface area contributed by atoms with Gasteiger partial charge in [0.1, 0.15) is 0 Å². The minimum Gasteiger partial charge on any atom is -0.291 e. The Morgan fingerprint density at radius 2 is 2.11 bits per heavy atom. The van der Waals surface area contributed by atoms with Crippen LogP contribution >= 0.6 is 0 Å². The van der Waals surface area contributed by atoms with E-state index in [0.29, 0.717) is 0 Å². The molecule has 1 atom stereocenters. The molecule has 0 heterocycles. The van der Waals surface area contributed by atoms with Crippen molar-refractivity contribution in [2.24, 2.45) is 0 Å². The van der Waals surface area contributed by atoms with Crippen LogP contribution in [0.15, 0.2) is 0 Å². The fourth-order valence-corrected chi connectivity index (χ4v) is 0.722. The molecule has 0 aromatic carbocycles. The highest BCUT2D eigenvalue weighted by atomic mass is 15.1. The standard InChI is InChI=1S/C7H14N2/c1-4-7(6-8)9(3)5-2/h7H,4-5H2,1-3H3. The van der Waals surface area contributed by atoms with Crippen LogP contribution in [0.2, 0.25) is 0 Å². The van der Waals surface area contributed by atoms with Gasteiger partial charge in [-0.25, -0.2) is 0 Å². The molecule has 9 heavy (non-hydrogen) atoms. The normalized spacial score (nSPS) is 13.2. The quantitative estimate of drug-likeness (QED) is 0.569. The molecular formula is C7H14N2. The molecule has 0 aliphatic carbocycles. The fraction of sp³-hybridized carbons (Fsp3) is 0.857. The highest BCUT2D eigenvalue weighted by Crippen LogP contribution is 1.97. The summed E-state index contributed by atoms with van der Waals surface area (Å²) < 4.78 is 0. The van der Waals surface area contributed by atoms with Gasteiger partial charge < -0.3 is 0 Å². The van der Waals surface area contributed by atoms with Gasteiger partial charge >= 0.3 is 0 Å². The van der Waals surface area contributed by atoms with Crippen LogP contribution in [0, 0.1) is 11.3 Å². The van der Waals surface area contributed by atoms with Crippen LogP contribution in [0.25, 0.3) is 0 Å². The van der Waals surface area contributed by atoms with E-state index in [1.165, 1.54) is 0 Å². The van der Waals surface area contributed by atoms with Crippen molar-refractivity contribution >= 4 is 0 Å². The molecule has 0 bridgehead atoms. The molecular weight excluding hydrogens is 112 g/mol.